The zero-order valence-corrected chi connectivity index (χ0v) is 19.1. The van der Waals surface area contributed by atoms with E-state index in [0.717, 1.165) is 12.0 Å². The second-order valence-electron chi connectivity index (χ2n) is 7.77. The predicted octanol–water partition coefficient (Wildman–Crippen LogP) is 3.73. The van der Waals surface area contributed by atoms with E-state index in [9.17, 15) is 13.2 Å². The van der Waals surface area contributed by atoms with Crippen molar-refractivity contribution < 1.29 is 22.7 Å². The Kier molecular flexibility index (Phi) is 6.14. The van der Waals surface area contributed by atoms with Crippen molar-refractivity contribution >= 4 is 27.5 Å². The van der Waals surface area contributed by atoms with Gasteiger partial charge in [-0.25, -0.2) is 8.42 Å². The van der Waals surface area contributed by atoms with Gasteiger partial charge < -0.3 is 14.4 Å². The fraction of sp³-hybridized carbons (Fsp3) is 0.409. The summed E-state index contributed by atoms with van der Waals surface area (Å²) in [5.74, 6) is 1.05. The Hall–Kier alpha value is -2.29. The molecule has 0 radical (unpaired) electrons. The summed E-state index contributed by atoms with van der Waals surface area (Å²) in [5.41, 5.74) is 1.52. The Morgan fingerprint density at radius 2 is 1.77 bits per heavy atom. The van der Waals surface area contributed by atoms with E-state index in [2.05, 4.69) is 13.8 Å². The molecule has 0 spiro atoms. The SMILES string of the molecule is CCC(C)c1ccc(S(=O)(=O)N2CCN(C(=O)c3cc(Cl)c4c(c3)OCO4)CC2)cc1. The summed E-state index contributed by atoms with van der Waals surface area (Å²) in [6.07, 6.45) is 0.997. The van der Waals surface area contributed by atoms with Crippen molar-refractivity contribution in [2.75, 3.05) is 33.0 Å². The second kappa shape index (κ2) is 8.68. The minimum absolute atomic E-state index is 0.0710. The van der Waals surface area contributed by atoms with Crippen LogP contribution in [0.2, 0.25) is 5.02 Å². The van der Waals surface area contributed by atoms with Gasteiger partial charge in [-0.05, 0) is 42.2 Å². The van der Waals surface area contributed by atoms with E-state index in [-0.39, 0.29) is 30.7 Å². The minimum atomic E-state index is -3.60. The van der Waals surface area contributed by atoms with E-state index >= 15 is 0 Å². The molecule has 0 aliphatic carbocycles. The Bertz CT molecular complexity index is 1080. The van der Waals surface area contributed by atoms with Crippen LogP contribution in [0.1, 0.15) is 42.1 Å². The zero-order valence-electron chi connectivity index (χ0n) is 17.5. The molecule has 0 bridgehead atoms. The van der Waals surface area contributed by atoms with Crippen LogP contribution in [-0.4, -0.2) is 56.5 Å². The highest BCUT2D eigenvalue weighted by Gasteiger charge is 2.31. The van der Waals surface area contributed by atoms with Gasteiger partial charge >= 0.3 is 0 Å². The number of hydrogen-bond donors (Lipinski definition) is 0. The summed E-state index contributed by atoms with van der Waals surface area (Å²) in [5, 5.41) is 0.320. The van der Waals surface area contributed by atoms with Crippen LogP contribution in [0, 0.1) is 0 Å². The van der Waals surface area contributed by atoms with Gasteiger partial charge in [0.15, 0.2) is 11.5 Å². The van der Waals surface area contributed by atoms with Crippen molar-refractivity contribution in [3.05, 3.63) is 52.5 Å². The van der Waals surface area contributed by atoms with Gasteiger partial charge in [0.1, 0.15) is 0 Å². The number of fused-ring (bicyclic) bond motifs is 1. The van der Waals surface area contributed by atoms with E-state index in [1.165, 1.54) is 4.31 Å². The summed E-state index contributed by atoms with van der Waals surface area (Å²) in [6.45, 7) is 5.37. The molecular weight excluding hydrogens is 440 g/mol. The number of piperazine rings is 1. The van der Waals surface area contributed by atoms with Crippen molar-refractivity contribution in [1.29, 1.82) is 0 Å². The summed E-state index contributed by atoms with van der Waals surface area (Å²) < 4.78 is 38.1. The molecule has 0 N–H and O–H groups in total. The molecule has 0 aromatic heterocycles. The molecular formula is C22H25ClN2O5S. The quantitative estimate of drug-likeness (QED) is 0.673. The molecule has 4 rings (SSSR count). The Morgan fingerprint density at radius 3 is 2.42 bits per heavy atom. The maximum absolute atomic E-state index is 13.0. The van der Waals surface area contributed by atoms with Gasteiger partial charge in [-0.15, -0.1) is 0 Å². The highest BCUT2D eigenvalue weighted by atomic mass is 35.5. The second-order valence-corrected chi connectivity index (χ2v) is 10.1. The topological polar surface area (TPSA) is 76.2 Å². The van der Waals surface area contributed by atoms with E-state index in [4.69, 9.17) is 21.1 Å². The number of hydrogen-bond acceptors (Lipinski definition) is 5. The van der Waals surface area contributed by atoms with Crippen LogP contribution in [0.4, 0.5) is 0 Å². The van der Waals surface area contributed by atoms with Gasteiger partial charge in [-0.2, -0.15) is 4.31 Å². The molecule has 2 aliphatic rings. The van der Waals surface area contributed by atoms with Gasteiger partial charge in [0, 0.05) is 31.7 Å². The van der Waals surface area contributed by atoms with E-state index in [1.54, 1.807) is 29.2 Å². The van der Waals surface area contributed by atoms with Gasteiger partial charge in [0.05, 0.1) is 9.92 Å². The average molecular weight is 465 g/mol. The third kappa shape index (κ3) is 4.24. The summed E-state index contributed by atoms with van der Waals surface area (Å²) in [6, 6.07) is 10.3. The van der Waals surface area contributed by atoms with Crippen molar-refractivity contribution in [1.82, 2.24) is 9.21 Å². The Balaban J connectivity index is 1.43. The largest absolute Gasteiger partial charge is 0.454 e. The van der Waals surface area contributed by atoms with Gasteiger partial charge in [0.2, 0.25) is 16.8 Å². The highest BCUT2D eigenvalue weighted by molar-refractivity contribution is 7.89. The van der Waals surface area contributed by atoms with Crippen LogP contribution in [-0.2, 0) is 10.0 Å². The number of nitrogens with zero attached hydrogens (tertiary/aromatic N) is 2. The molecule has 166 valence electrons. The number of halogens is 1. The van der Waals surface area contributed by atoms with Crippen LogP contribution in [0.5, 0.6) is 11.5 Å². The fourth-order valence-corrected chi connectivity index (χ4v) is 5.45. The first-order chi connectivity index (χ1) is 14.8. The van der Waals surface area contributed by atoms with Crippen LogP contribution >= 0.6 is 11.6 Å². The highest BCUT2D eigenvalue weighted by Crippen LogP contribution is 2.40. The van der Waals surface area contributed by atoms with Crippen molar-refractivity contribution in [2.45, 2.75) is 31.1 Å². The first kappa shape index (κ1) is 21.9. The molecule has 7 nitrogen and oxygen atoms in total. The predicted molar refractivity (Wildman–Crippen MR) is 117 cm³/mol. The molecule has 2 heterocycles. The fourth-order valence-electron chi connectivity index (χ4n) is 3.76. The number of amides is 1. The van der Waals surface area contributed by atoms with Crippen molar-refractivity contribution in [3.8, 4) is 11.5 Å². The van der Waals surface area contributed by atoms with E-state index in [0.29, 0.717) is 41.1 Å². The molecule has 2 aliphatic heterocycles. The standard InChI is InChI=1S/C22H25ClN2O5S/c1-3-15(2)16-4-6-18(7-5-16)31(27,28)25-10-8-24(9-11-25)22(26)17-12-19(23)21-20(13-17)29-14-30-21/h4-7,12-13,15H,3,8-11,14H2,1-2H3. The molecule has 1 amide bonds. The Labute approximate surface area is 187 Å². The number of sulfonamides is 1. The summed E-state index contributed by atoms with van der Waals surface area (Å²) in [7, 11) is -3.60. The number of benzene rings is 2. The average Bonchev–Trinajstić information content (AvgIpc) is 3.27. The third-order valence-corrected chi connectivity index (χ3v) is 8.09. The molecule has 2 aromatic rings. The lowest BCUT2D eigenvalue weighted by Crippen LogP contribution is -2.50. The molecule has 31 heavy (non-hydrogen) atoms. The molecule has 9 heteroatoms. The third-order valence-electron chi connectivity index (χ3n) is 5.90. The normalized spacial score (nSPS) is 17.6. The maximum Gasteiger partial charge on any atom is 0.254 e. The molecule has 1 fully saturated rings. The minimum Gasteiger partial charge on any atom is -0.454 e. The van der Waals surface area contributed by atoms with Crippen molar-refractivity contribution in [2.24, 2.45) is 0 Å². The smallest absolute Gasteiger partial charge is 0.254 e. The molecule has 1 atom stereocenters. The summed E-state index contributed by atoms with van der Waals surface area (Å²) in [4.78, 5) is 14.8. The van der Waals surface area contributed by atoms with Gasteiger partial charge in [0.25, 0.3) is 5.91 Å². The summed E-state index contributed by atoms with van der Waals surface area (Å²) >= 11 is 6.19. The van der Waals surface area contributed by atoms with E-state index in [1.807, 2.05) is 12.1 Å². The lowest BCUT2D eigenvalue weighted by molar-refractivity contribution is 0.0697. The van der Waals surface area contributed by atoms with Crippen LogP contribution in [0.3, 0.4) is 0 Å². The van der Waals surface area contributed by atoms with Gasteiger partial charge in [-0.3, -0.25) is 4.79 Å². The molecule has 2 aromatic carbocycles. The van der Waals surface area contributed by atoms with Gasteiger partial charge in [-0.1, -0.05) is 37.6 Å². The lowest BCUT2D eigenvalue weighted by atomic mass is 9.99. The van der Waals surface area contributed by atoms with Crippen LogP contribution < -0.4 is 9.47 Å². The van der Waals surface area contributed by atoms with E-state index < -0.39 is 10.0 Å². The number of rotatable bonds is 5. The molecule has 0 saturated carbocycles. The molecule has 1 unspecified atom stereocenters. The molecule has 1 saturated heterocycles. The van der Waals surface area contributed by atoms with Crippen LogP contribution in [0.15, 0.2) is 41.3 Å². The lowest BCUT2D eigenvalue weighted by Gasteiger charge is -2.34. The van der Waals surface area contributed by atoms with Crippen LogP contribution in [0.25, 0.3) is 0 Å². The monoisotopic (exact) mass is 464 g/mol. The maximum atomic E-state index is 13.0. The van der Waals surface area contributed by atoms with Crippen molar-refractivity contribution in [3.63, 3.8) is 0 Å². The first-order valence-corrected chi connectivity index (χ1v) is 12.1. The number of carbonyl (C=O) groups excluding carboxylic acids is 1. The first-order valence-electron chi connectivity index (χ1n) is 10.3. The number of ether oxygens (including phenoxy) is 2. The zero-order chi connectivity index (χ0) is 22.2. The number of carbonyl (C=O) groups is 1. The Morgan fingerprint density at radius 1 is 1.10 bits per heavy atom.